The Kier molecular flexibility index (Phi) is 4.36. The van der Waals surface area contributed by atoms with Gasteiger partial charge in [0.2, 0.25) is 0 Å². The summed E-state index contributed by atoms with van der Waals surface area (Å²) in [5.74, 6) is -0.599. The fourth-order valence-corrected chi connectivity index (χ4v) is 2.13. The zero-order valence-electron chi connectivity index (χ0n) is 9.89. The van der Waals surface area contributed by atoms with Crippen LogP contribution in [0.15, 0.2) is 28.7 Å². The molecule has 0 atom stereocenters. The van der Waals surface area contributed by atoms with E-state index in [0.29, 0.717) is 18.7 Å². The monoisotopic (exact) mass is 311 g/mol. The topological polar surface area (TPSA) is 46.6 Å². The fourth-order valence-electron chi connectivity index (χ4n) is 1.87. The summed E-state index contributed by atoms with van der Waals surface area (Å²) in [6, 6.07) is 6.72. The van der Waals surface area contributed by atoms with Gasteiger partial charge in [-0.1, -0.05) is 15.9 Å². The van der Waals surface area contributed by atoms with Crippen molar-refractivity contribution >= 4 is 28.0 Å². The highest BCUT2D eigenvalue weighted by atomic mass is 79.9. The molecule has 0 saturated carbocycles. The van der Waals surface area contributed by atoms with Gasteiger partial charge in [0, 0.05) is 17.6 Å². The number of benzene rings is 1. The Labute approximate surface area is 114 Å². The van der Waals surface area contributed by atoms with Crippen LogP contribution in [0.25, 0.3) is 0 Å². The SMILES string of the molecule is O=C(OC(=O)N1CCCCC1)c1ccc(Br)cc1. The van der Waals surface area contributed by atoms with E-state index in [1.54, 1.807) is 29.2 Å². The van der Waals surface area contributed by atoms with Crippen LogP contribution in [0.3, 0.4) is 0 Å². The molecule has 1 aromatic rings. The van der Waals surface area contributed by atoms with Gasteiger partial charge in [-0.25, -0.2) is 9.59 Å². The van der Waals surface area contributed by atoms with Crippen molar-refractivity contribution in [1.82, 2.24) is 4.90 Å². The summed E-state index contributed by atoms with van der Waals surface area (Å²) < 4.78 is 5.72. The quantitative estimate of drug-likeness (QED) is 0.591. The molecule has 0 bridgehead atoms. The van der Waals surface area contributed by atoms with E-state index in [-0.39, 0.29) is 0 Å². The zero-order chi connectivity index (χ0) is 13.0. The summed E-state index contributed by atoms with van der Waals surface area (Å²) in [4.78, 5) is 25.0. The van der Waals surface area contributed by atoms with Crippen molar-refractivity contribution in [2.24, 2.45) is 0 Å². The Morgan fingerprint density at radius 2 is 1.67 bits per heavy atom. The number of carbonyl (C=O) groups is 2. The third-order valence-electron chi connectivity index (χ3n) is 2.87. The second kappa shape index (κ2) is 6.00. The number of halogens is 1. The van der Waals surface area contributed by atoms with Crippen LogP contribution < -0.4 is 0 Å². The lowest BCUT2D eigenvalue weighted by atomic mass is 10.1. The number of nitrogens with zero attached hydrogens (tertiary/aromatic N) is 1. The van der Waals surface area contributed by atoms with Gasteiger partial charge in [0.15, 0.2) is 0 Å². The molecule has 0 radical (unpaired) electrons. The van der Waals surface area contributed by atoms with Gasteiger partial charge in [0.05, 0.1) is 5.56 Å². The molecule has 1 saturated heterocycles. The molecule has 2 rings (SSSR count). The summed E-state index contributed by atoms with van der Waals surface area (Å²) in [6.07, 6.45) is 2.54. The maximum atomic E-state index is 11.7. The maximum absolute atomic E-state index is 11.7. The molecule has 4 nitrogen and oxygen atoms in total. The predicted octanol–water partition coefficient (Wildman–Crippen LogP) is 3.21. The van der Waals surface area contributed by atoms with Gasteiger partial charge in [-0.05, 0) is 43.5 Å². The highest BCUT2D eigenvalue weighted by Gasteiger charge is 2.21. The maximum Gasteiger partial charge on any atom is 0.417 e. The molecule has 1 amide bonds. The van der Waals surface area contributed by atoms with Crippen molar-refractivity contribution in [3.8, 4) is 0 Å². The second-order valence-electron chi connectivity index (χ2n) is 4.21. The first-order valence-corrected chi connectivity index (χ1v) is 6.73. The van der Waals surface area contributed by atoms with E-state index in [9.17, 15) is 9.59 Å². The molecule has 1 fully saturated rings. The Bertz CT molecular complexity index is 438. The number of ether oxygens (including phenoxy) is 1. The number of piperidine rings is 1. The molecule has 0 aliphatic carbocycles. The fraction of sp³-hybridized carbons (Fsp3) is 0.385. The summed E-state index contributed by atoms with van der Waals surface area (Å²) in [5, 5.41) is 0. The first-order valence-electron chi connectivity index (χ1n) is 5.93. The van der Waals surface area contributed by atoms with Crippen molar-refractivity contribution in [3.63, 3.8) is 0 Å². The van der Waals surface area contributed by atoms with Gasteiger partial charge in [0.1, 0.15) is 0 Å². The van der Waals surface area contributed by atoms with Crippen molar-refractivity contribution in [2.75, 3.05) is 13.1 Å². The zero-order valence-corrected chi connectivity index (χ0v) is 11.5. The minimum atomic E-state index is -0.599. The number of rotatable bonds is 1. The Balaban J connectivity index is 1.94. The van der Waals surface area contributed by atoms with Crippen LogP contribution in [0.4, 0.5) is 4.79 Å². The molecule has 96 valence electrons. The molecule has 0 aromatic heterocycles. The Morgan fingerprint density at radius 3 is 2.28 bits per heavy atom. The van der Waals surface area contributed by atoms with Gasteiger partial charge >= 0.3 is 12.1 Å². The molecule has 0 N–H and O–H groups in total. The summed E-state index contributed by atoms with van der Waals surface area (Å²) >= 11 is 3.28. The third kappa shape index (κ3) is 3.32. The lowest BCUT2D eigenvalue weighted by molar-refractivity contribution is 0.0527. The van der Waals surface area contributed by atoms with Gasteiger partial charge in [-0.15, -0.1) is 0 Å². The molecule has 1 aliphatic rings. The standard InChI is InChI=1S/C13H14BrNO3/c14-11-6-4-10(5-7-11)12(16)18-13(17)15-8-2-1-3-9-15/h4-7H,1-3,8-9H2. The molecule has 1 aromatic carbocycles. The summed E-state index contributed by atoms with van der Waals surface area (Å²) in [6.45, 7) is 1.35. The van der Waals surface area contributed by atoms with E-state index in [1.807, 2.05) is 0 Å². The minimum Gasteiger partial charge on any atom is -0.372 e. The molecule has 1 heterocycles. The Morgan fingerprint density at radius 1 is 1.06 bits per heavy atom. The lowest BCUT2D eigenvalue weighted by Crippen LogP contribution is -2.37. The molecule has 0 unspecified atom stereocenters. The highest BCUT2D eigenvalue weighted by molar-refractivity contribution is 9.10. The van der Waals surface area contributed by atoms with Gasteiger partial charge in [-0.2, -0.15) is 0 Å². The van der Waals surface area contributed by atoms with Gasteiger partial charge in [-0.3, -0.25) is 0 Å². The number of amides is 1. The molecule has 5 heteroatoms. The molecule has 0 spiro atoms. The van der Waals surface area contributed by atoms with Gasteiger partial charge in [0.25, 0.3) is 0 Å². The van der Waals surface area contributed by atoms with Crippen LogP contribution >= 0.6 is 15.9 Å². The summed E-state index contributed by atoms with van der Waals surface area (Å²) in [5.41, 5.74) is 0.378. The lowest BCUT2D eigenvalue weighted by Gasteiger charge is -2.25. The van der Waals surface area contributed by atoms with Crippen molar-refractivity contribution in [3.05, 3.63) is 34.3 Å². The van der Waals surface area contributed by atoms with Crippen molar-refractivity contribution < 1.29 is 14.3 Å². The highest BCUT2D eigenvalue weighted by Crippen LogP contribution is 2.13. The number of likely N-dealkylation sites (tertiary alicyclic amines) is 1. The minimum absolute atomic E-state index is 0.378. The van der Waals surface area contributed by atoms with E-state index in [0.717, 1.165) is 23.7 Å². The number of hydrogen-bond donors (Lipinski definition) is 0. The van der Waals surface area contributed by atoms with E-state index in [2.05, 4.69) is 15.9 Å². The van der Waals surface area contributed by atoms with Crippen LogP contribution in [0.1, 0.15) is 29.6 Å². The first-order chi connectivity index (χ1) is 8.66. The third-order valence-corrected chi connectivity index (χ3v) is 3.40. The van der Waals surface area contributed by atoms with E-state index < -0.39 is 12.1 Å². The first kappa shape index (κ1) is 13.1. The van der Waals surface area contributed by atoms with Crippen LogP contribution in [0.2, 0.25) is 0 Å². The predicted molar refractivity (Wildman–Crippen MR) is 70.4 cm³/mol. The van der Waals surface area contributed by atoms with Gasteiger partial charge < -0.3 is 9.64 Å². The van der Waals surface area contributed by atoms with Crippen LogP contribution in [-0.4, -0.2) is 30.1 Å². The molecule has 1 aliphatic heterocycles. The van der Waals surface area contributed by atoms with E-state index in [1.165, 1.54) is 0 Å². The number of hydrogen-bond acceptors (Lipinski definition) is 3. The Hall–Kier alpha value is -1.36. The van der Waals surface area contributed by atoms with E-state index in [4.69, 9.17) is 4.74 Å². The van der Waals surface area contributed by atoms with Crippen LogP contribution in [-0.2, 0) is 4.74 Å². The van der Waals surface area contributed by atoms with Crippen molar-refractivity contribution in [1.29, 1.82) is 0 Å². The largest absolute Gasteiger partial charge is 0.417 e. The average molecular weight is 312 g/mol. The molecule has 18 heavy (non-hydrogen) atoms. The smallest absolute Gasteiger partial charge is 0.372 e. The van der Waals surface area contributed by atoms with Crippen LogP contribution in [0, 0.1) is 0 Å². The molecular formula is C13H14BrNO3. The summed E-state index contributed by atoms with van der Waals surface area (Å²) in [7, 11) is 0. The normalized spacial score (nSPS) is 15.3. The second-order valence-corrected chi connectivity index (χ2v) is 5.13. The van der Waals surface area contributed by atoms with Crippen molar-refractivity contribution in [2.45, 2.75) is 19.3 Å². The van der Waals surface area contributed by atoms with Crippen LogP contribution in [0.5, 0.6) is 0 Å². The number of esters is 1. The molecular weight excluding hydrogens is 298 g/mol. The average Bonchev–Trinajstić information content (AvgIpc) is 2.40. The number of carbonyl (C=O) groups excluding carboxylic acids is 2. The van der Waals surface area contributed by atoms with E-state index >= 15 is 0 Å².